The maximum Gasteiger partial charge on any atom is 0.206 e. The average Bonchev–Trinajstić information content (AvgIpc) is 3.20. The second-order valence-electron chi connectivity index (χ2n) is 8.92. The van der Waals surface area contributed by atoms with Crippen molar-refractivity contribution < 1.29 is 14.2 Å². The number of hydrogen-bond acceptors (Lipinski definition) is 6. The molecule has 4 rings (SSSR count). The van der Waals surface area contributed by atoms with Crippen LogP contribution in [0.25, 0.3) is 11.3 Å². The molecule has 0 spiro atoms. The van der Waals surface area contributed by atoms with Crippen LogP contribution in [0.3, 0.4) is 0 Å². The Morgan fingerprint density at radius 1 is 0.938 bits per heavy atom. The molecule has 0 N–H and O–H groups in total. The number of aromatic nitrogens is 1. The van der Waals surface area contributed by atoms with Gasteiger partial charge in [0, 0.05) is 16.7 Å². The van der Waals surface area contributed by atoms with Crippen LogP contribution in [0.4, 0.5) is 0 Å². The molecule has 0 aliphatic heterocycles. The van der Waals surface area contributed by atoms with E-state index in [0.29, 0.717) is 29.2 Å². The summed E-state index contributed by atoms with van der Waals surface area (Å²) in [5, 5.41) is 7.31. The van der Waals surface area contributed by atoms with E-state index in [4.69, 9.17) is 24.3 Å². The van der Waals surface area contributed by atoms with Gasteiger partial charge in [-0.2, -0.15) is 5.10 Å². The van der Waals surface area contributed by atoms with Crippen molar-refractivity contribution in [3.63, 3.8) is 0 Å². The lowest BCUT2D eigenvalue weighted by Gasteiger charge is -2.20. The third-order valence-electron chi connectivity index (χ3n) is 6.50. The van der Waals surface area contributed by atoms with Crippen molar-refractivity contribution in [2.24, 2.45) is 16.0 Å². The Balaban J connectivity index is 1.83. The fourth-order valence-corrected chi connectivity index (χ4v) is 5.67. The largest absolute Gasteiger partial charge is 0.493 e. The first kappa shape index (κ1) is 22.9. The van der Waals surface area contributed by atoms with Gasteiger partial charge in [0.1, 0.15) is 0 Å². The Bertz CT molecular complexity index is 993. The van der Waals surface area contributed by atoms with E-state index >= 15 is 0 Å². The van der Waals surface area contributed by atoms with E-state index in [-0.39, 0.29) is 0 Å². The molecule has 2 aromatic rings. The van der Waals surface area contributed by atoms with Crippen molar-refractivity contribution in [2.75, 3.05) is 21.3 Å². The molecule has 1 aromatic carbocycles. The van der Waals surface area contributed by atoms with E-state index in [2.05, 4.69) is 17.0 Å². The van der Waals surface area contributed by atoms with Gasteiger partial charge in [-0.3, -0.25) is 4.99 Å². The van der Waals surface area contributed by atoms with E-state index in [0.717, 1.165) is 28.9 Å². The molecule has 1 unspecified atom stereocenters. The van der Waals surface area contributed by atoms with Crippen LogP contribution in [-0.2, 0) is 0 Å². The summed E-state index contributed by atoms with van der Waals surface area (Å²) in [4.78, 5) is 6.13. The third kappa shape index (κ3) is 5.03. The number of rotatable bonds is 6. The van der Waals surface area contributed by atoms with Crippen LogP contribution in [0.2, 0.25) is 0 Å². The summed E-state index contributed by atoms with van der Waals surface area (Å²) < 4.78 is 18.8. The van der Waals surface area contributed by atoms with Gasteiger partial charge in [0.25, 0.3) is 0 Å². The number of hydrogen-bond donors (Lipinski definition) is 0. The molecule has 7 heteroatoms. The van der Waals surface area contributed by atoms with Gasteiger partial charge in [-0.25, -0.2) is 4.68 Å². The highest BCUT2D eigenvalue weighted by Gasteiger charge is 2.20. The molecule has 2 fully saturated rings. The summed E-state index contributed by atoms with van der Waals surface area (Å²) in [6.07, 6.45) is 10.8. The average molecular weight is 458 g/mol. The van der Waals surface area contributed by atoms with Gasteiger partial charge in [0.05, 0.1) is 33.1 Å². The summed E-state index contributed by atoms with van der Waals surface area (Å²) in [5.41, 5.74) is 3.25. The van der Waals surface area contributed by atoms with E-state index in [1.54, 1.807) is 32.7 Å². The molecular formula is C25H35N3O3S. The lowest BCUT2D eigenvalue weighted by molar-refractivity contribution is 0.324. The highest BCUT2D eigenvalue weighted by Crippen LogP contribution is 2.41. The maximum atomic E-state index is 5.60. The Morgan fingerprint density at radius 3 is 2.28 bits per heavy atom. The zero-order valence-corrected chi connectivity index (χ0v) is 20.5. The minimum atomic E-state index is 0.395. The normalized spacial score (nSPS) is 21.7. The monoisotopic (exact) mass is 457 g/mol. The molecule has 2 aliphatic carbocycles. The van der Waals surface area contributed by atoms with Crippen LogP contribution < -0.4 is 19.0 Å². The molecule has 0 radical (unpaired) electrons. The van der Waals surface area contributed by atoms with Gasteiger partial charge in [-0.15, -0.1) is 11.3 Å². The Morgan fingerprint density at radius 2 is 1.66 bits per heavy atom. The van der Waals surface area contributed by atoms with Crippen LogP contribution in [0.5, 0.6) is 17.2 Å². The highest BCUT2D eigenvalue weighted by atomic mass is 32.1. The molecule has 1 heterocycles. The molecule has 2 aliphatic rings. The summed E-state index contributed by atoms with van der Waals surface area (Å²) in [5.74, 6) is 2.57. The molecule has 0 saturated heterocycles. The smallest absolute Gasteiger partial charge is 0.206 e. The predicted octanol–water partition coefficient (Wildman–Crippen LogP) is 5.89. The lowest BCUT2D eigenvalue weighted by Crippen LogP contribution is -2.21. The predicted molar refractivity (Wildman–Crippen MR) is 130 cm³/mol. The molecule has 0 amide bonds. The van der Waals surface area contributed by atoms with Crippen LogP contribution in [0.1, 0.15) is 64.7 Å². The fourth-order valence-electron chi connectivity index (χ4n) is 4.77. The third-order valence-corrected chi connectivity index (χ3v) is 7.33. The zero-order chi connectivity index (χ0) is 22.5. The molecule has 32 heavy (non-hydrogen) atoms. The van der Waals surface area contributed by atoms with Crippen molar-refractivity contribution in [1.29, 1.82) is 0 Å². The van der Waals surface area contributed by atoms with Crippen LogP contribution >= 0.6 is 11.3 Å². The topological polar surface area (TPSA) is 57.3 Å². The highest BCUT2D eigenvalue weighted by molar-refractivity contribution is 7.07. The van der Waals surface area contributed by atoms with Gasteiger partial charge in [-0.1, -0.05) is 26.2 Å². The van der Waals surface area contributed by atoms with Crippen LogP contribution in [0.15, 0.2) is 27.6 Å². The fraction of sp³-hybridized carbons (Fsp3) is 0.600. The summed E-state index contributed by atoms with van der Waals surface area (Å²) >= 11 is 1.67. The Labute approximate surface area is 194 Å². The molecule has 6 nitrogen and oxygen atoms in total. The molecule has 174 valence electrons. The van der Waals surface area contributed by atoms with E-state index in [1.165, 1.54) is 50.7 Å². The molecule has 1 atom stereocenters. The number of benzene rings is 1. The minimum Gasteiger partial charge on any atom is -0.493 e. The molecule has 0 bridgehead atoms. The van der Waals surface area contributed by atoms with Crippen molar-refractivity contribution in [3.05, 3.63) is 22.3 Å². The molecular weight excluding hydrogens is 422 g/mol. The van der Waals surface area contributed by atoms with Crippen molar-refractivity contribution in [2.45, 2.75) is 70.8 Å². The number of thiazole rings is 1. The van der Waals surface area contributed by atoms with Crippen molar-refractivity contribution in [1.82, 2.24) is 4.68 Å². The Hall–Kier alpha value is -2.28. The first-order chi connectivity index (χ1) is 15.6. The quantitative estimate of drug-likeness (QED) is 0.543. The van der Waals surface area contributed by atoms with Crippen molar-refractivity contribution >= 4 is 17.0 Å². The van der Waals surface area contributed by atoms with E-state index in [1.807, 2.05) is 12.1 Å². The summed E-state index contributed by atoms with van der Waals surface area (Å²) in [6, 6.07) is 4.38. The van der Waals surface area contributed by atoms with E-state index < -0.39 is 0 Å². The van der Waals surface area contributed by atoms with Gasteiger partial charge < -0.3 is 14.2 Å². The lowest BCUT2D eigenvalue weighted by atomic mass is 9.89. The van der Waals surface area contributed by atoms with Gasteiger partial charge in [0.15, 0.2) is 11.5 Å². The number of methoxy groups -OCH3 is 3. The zero-order valence-electron chi connectivity index (χ0n) is 19.7. The molecule has 1 aromatic heterocycles. The van der Waals surface area contributed by atoms with Crippen LogP contribution in [-0.4, -0.2) is 37.8 Å². The van der Waals surface area contributed by atoms with Crippen molar-refractivity contribution in [3.8, 4) is 28.5 Å². The SMILES string of the molecule is COc1cc(-c2csc(=NC3CCCCC3)n2N=C2CCCC(C)C2)cc(OC)c1OC. The van der Waals surface area contributed by atoms with E-state index in [9.17, 15) is 0 Å². The standard InChI is InChI=1S/C25H35N3O3S/c1-17-9-8-12-20(13-17)27-28-21(16-32-25(28)26-19-10-6-5-7-11-19)18-14-22(29-2)24(31-4)23(15-18)30-3/h14-17,19H,5-13H2,1-4H3. The Kier molecular flexibility index (Phi) is 7.55. The molecule has 2 saturated carbocycles. The van der Waals surface area contributed by atoms with Gasteiger partial charge in [-0.05, 0) is 56.6 Å². The second-order valence-corrected chi connectivity index (χ2v) is 9.75. The second kappa shape index (κ2) is 10.6. The van der Waals surface area contributed by atoms with Gasteiger partial charge in [0.2, 0.25) is 10.6 Å². The first-order valence-electron chi connectivity index (χ1n) is 11.7. The maximum absolute atomic E-state index is 5.60. The minimum absolute atomic E-state index is 0.395. The number of ether oxygens (including phenoxy) is 3. The summed E-state index contributed by atoms with van der Waals surface area (Å²) in [6.45, 7) is 2.32. The number of nitrogens with zero attached hydrogens (tertiary/aromatic N) is 3. The van der Waals surface area contributed by atoms with Crippen LogP contribution in [0, 0.1) is 5.92 Å². The first-order valence-corrected chi connectivity index (χ1v) is 12.6. The summed E-state index contributed by atoms with van der Waals surface area (Å²) in [7, 11) is 4.93. The van der Waals surface area contributed by atoms with Gasteiger partial charge >= 0.3 is 0 Å².